The van der Waals surface area contributed by atoms with Crippen molar-refractivity contribution >= 4 is 23.3 Å². The molecule has 0 fully saturated rings. The third-order valence-corrected chi connectivity index (χ3v) is 4.04. The van der Waals surface area contributed by atoms with E-state index in [1.54, 1.807) is 30.3 Å². The number of nitrogens with one attached hydrogen (secondary N) is 2. The molecule has 150 valence electrons. The molecule has 1 atom stereocenters. The van der Waals surface area contributed by atoms with Crippen molar-refractivity contribution in [2.45, 2.75) is 19.6 Å². The maximum atomic E-state index is 13.7. The van der Waals surface area contributed by atoms with Crippen molar-refractivity contribution in [3.05, 3.63) is 83.8 Å². The molecule has 1 heterocycles. The molecule has 2 N–H and O–H groups in total. The summed E-state index contributed by atoms with van der Waals surface area (Å²) in [6, 6.07) is 13.3. The summed E-state index contributed by atoms with van der Waals surface area (Å²) in [5.74, 6) is -2.80. The average Bonchev–Trinajstić information content (AvgIpc) is 3.23. The number of benzene rings is 2. The number of esters is 1. The number of amides is 1. The van der Waals surface area contributed by atoms with Gasteiger partial charge in [0.05, 0.1) is 18.4 Å². The van der Waals surface area contributed by atoms with Crippen LogP contribution in [0.2, 0.25) is 0 Å². The number of hydrogen-bond donors (Lipinski definition) is 2. The molecule has 29 heavy (non-hydrogen) atoms. The monoisotopic (exact) mass is 400 g/mol. The summed E-state index contributed by atoms with van der Waals surface area (Å²) in [7, 11) is 0. The fourth-order valence-electron chi connectivity index (χ4n) is 2.53. The molecule has 3 aromatic rings. The van der Waals surface area contributed by atoms with E-state index >= 15 is 0 Å². The van der Waals surface area contributed by atoms with Gasteiger partial charge in [0.1, 0.15) is 23.1 Å². The first-order valence-corrected chi connectivity index (χ1v) is 8.77. The Hall–Kier alpha value is -3.68. The second kappa shape index (κ2) is 9.01. The Kier molecular flexibility index (Phi) is 6.23. The molecule has 1 amide bonds. The van der Waals surface area contributed by atoms with Gasteiger partial charge in [-0.2, -0.15) is 0 Å². The average molecular weight is 400 g/mol. The van der Waals surface area contributed by atoms with Crippen LogP contribution < -0.4 is 10.6 Å². The summed E-state index contributed by atoms with van der Waals surface area (Å²) in [5, 5.41) is 5.16. The maximum Gasteiger partial charge on any atom is 0.341 e. The van der Waals surface area contributed by atoms with Crippen molar-refractivity contribution in [3.8, 4) is 0 Å². The van der Waals surface area contributed by atoms with Crippen LogP contribution in [0.4, 0.5) is 20.2 Å². The van der Waals surface area contributed by atoms with Crippen LogP contribution in [0.15, 0.2) is 65.3 Å². The SMILES string of the molecule is C[C@H](OC(=O)c1ccccc1NCc1ccco1)C(=O)Nc1c(F)cccc1F. The molecule has 0 saturated carbocycles. The summed E-state index contributed by atoms with van der Waals surface area (Å²) in [5.41, 5.74) is 0.0957. The lowest BCUT2D eigenvalue weighted by Gasteiger charge is -2.16. The maximum absolute atomic E-state index is 13.7. The van der Waals surface area contributed by atoms with Crippen molar-refractivity contribution in [1.82, 2.24) is 0 Å². The minimum atomic E-state index is -1.28. The molecule has 0 spiro atoms. The number of rotatable bonds is 7. The second-order valence-electron chi connectivity index (χ2n) is 6.11. The predicted molar refractivity (Wildman–Crippen MR) is 102 cm³/mol. The Morgan fingerprint density at radius 1 is 1.03 bits per heavy atom. The van der Waals surface area contributed by atoms with Crippen LogP contribution in [0.5, 0.6) is 0 Å². The van der Waals surface area contributed by atoms with Crippen molar-refractivity contribution < 1.29 is 27.5 Å². The van der Waals surface area contributed by atoms with E-state index in [9.17, 15) is 18.4 Å². The zero-order valence-corrected chi connectivity index (χ0v) is 15.4. The fourth-order valence-corrected chi connectivity index (χ4v) is 2.53. The number of ether oxygens (including phenoxy) is 1. The standard InChI is InChI=1S/C21H18F2N2O4/c1-13(20(26)25-19-16(22)8-4-9-17(19)23)29-21(27)15-7-2-3-10-18(15)24-12-14-6-5-11-28-14/h2-11,13,24H,12H2,1H3,(H,25,26)/t13-/m0/s1. The molecule has 2 aromatic carbocycles. The van der Waals surface area contributed by atoms with E-state index in [2.05, 4.69) is 10.6 Å². The summed E-state index contributed by atoms with van der Waals surface area (Å²) in [4.78, 5) is 24.7. The number of carbonyl (C=O) groups is 2. The van der Waals surface area contributed by atoms with Gasteiger partial charge in [-0.15, -0.1) is 0 Å². The number of anilines is 2. The first kappa shape index (κ1) is 20.1. The van der Waals surface area contributed by atoms with Crippen LogP contribution in [0.3, 0.4) is 0 Å². The molecule has 0 aliphatic rings. The van der Waals surface area contributed by atoms with Gasteiger partial charge in [-0.3, -0.25) is 4.79 Å². The van der Waals surface area contributed by atoms with Gasteiger partial charge in [-0.1, -0.05) is 18.2 Å². The first-order valence-electron chi connectivity index (χ1n) is 8.77. The molecular weight excluding hydrogens is 382 g/mol. The van der Waals surface area contributed by atoms with Crippen molar-refractivity contribution in [2.75, 3.05) is 10.6 Å². The molecule has 1 aromatic heterocycles. The summed E-state index contributed by atoms with van der Waals surface area (Å²) in [6.45, 7) is 1.66. The highest BCUT2D eigenvalue weighted by Gasteiger charge is 2.22. The lowest BCUT2D eigenvalue weighted by molar-refractivity contribution is -0.123. The molecule has 0 aliphatic heterocycles. The number of para-hydroxylation sites is 2. The highest BCUT2D eigenvalue weighted by atomic mass is 19.1. The number of carbonyl (C=O) groups excluding carboxylic acids is 2. The van der Waals surface area contributed by atoms with Crippen LogP contribution in [-0.4, -0.2) is 18.0 Å². The van der Waals surface area contributed by atoms with E-state index < -0.39 is 35.3 Å². The smallest absolute Gasteiger partial charge is 0.341 e. The molecular formula is C21H18F2N2O4. The Morgan fingerprint density at radius 2 is 1.76 bits per heavy atom. The van der Waals surface area contributed by atoms with Crippen LogP contribution in [0, 0.1) is 11.6 Å². The Labute approximate surface area is 165 Å². The number of furan rings is 1. The van der Waals surface area contributed by atoms with Crippen molar-refractivity contribution in [2.24, 2.45) is 0 Å². The minimum absolute atomic E-state index is 0.204. The van der Waals surface area contributed by atoms with E-state index in [1.165, 1.54) is 25.3 Å². The third kappa shape index (κ3) is 4.98. The molecule has 3 rings (SSSR count). The summed E-state index contributed by atoms with van der Waals surface area (Å²) >= 11 is 0. The van der Waals surface area contributed by atoms with Gasteiger partial charge in [0.2, 0.25) is 0 Å². The highest BCUT2D eigenvalue weighted by molar-refractivity contribution is 5.99. The van der Waals surface area contributed by atoms with Crippen molar-refractivity contribution in [3.63, 3.8) is 0 Å². The number of hydrogen-bond acceptors (Lipinski definition) is 5. The Bertz CT molecular complexity index is 985. The second-order valence-corrected chi connectivity index (χ2v) is 6.11. The van der Waals surface area contributed by atoms with E-state index in [1.807, 2.05) is 0 Å². The lowest BCUT2D eigenvalue weighted by Crippen LogP contribution is -2.30. The minimum Gasteiger partial charge on any atom is -0.467 e. The molecule has 0 saturated heterocycles. The molecule has 0 aliphatic carbocycles. The van der Waals surface area contributed by atoms with Crippen LogP contribution in [0.1, 0.15) is 23.0 Å². The molecule has 0 unspecified atom stereocenters. The summed E-state index contributed by atoms with van der Waals surface area (Å²) in [6.07, 6.45) is 0.259. The van der Waals surface area contributed by atoms with Crippen molar-refractivity contribution in [1.29, 1.82) is 0 Å². The highest BCUT2D eigenvalue weighted by Crippen LogP contribution is 2.20. The largest absolute Gasteiger partial charge is 0.467 e. The molecule has 0 radical (unpaired) electrons. The van der Waals surface area contributed by atoms with Crippen LogP contribution in [-0.2, 0) is 16.1 Å². The molecule has 6 nitrogen and oxygen atoms in total. The normalized spacial score (nSPS) is 11.6. The Morgan fingerprint density at radius 3 is 2.45 bits per heavy atom. The van der Waals surface area contributed by atoms with Crippen LogP contribution >= 0.6 is 0 Å². The zero-order chi connectivity index (χ0) is 20.8. The Balaban J connectivity index is 1.65. The van der Waals surface area contributed by atoms with Gasteiger partial charge in [-0.25, -0.2) is 13.6 Å². The lowest BCUT2D eigenvalue weighted by atomic mass is 10.1. The van der Waals surface area contributed by atoms with E-state index in [-0.39, 0.29) is 5.56 Å². The van der Waals surface area contributed by atoms with Gasteiger partial charge >= 0.3 is 5.97 Å². The van der Waals surface area contributed by atoms with Crippen LogP contribution in [0.25, 0.3) is 0 Å². The van der Waals surface area contributed by atoms with Gasteiger partial charge in [-0.05, 0) is 43.3 Å². The van der Waals surface area contributed by atoms with E-state index in [4.69, 9.17) is 9.15 Å². The number of halogens is 2. The fraction of sp³-hybridized carbons (Fsp3) is 0.143. The topological polar surface area (TPSA) is 80.6 Å². The van der Waals surface area contributed by atoms with Gasteiger partial charge in [0.25, 0.3) is 5.91 Å². The third-order valence-electron chi connectivity index (χ3n) is 4.04. The summed E-state index contributed by atoms with van der Waals surface area (Å²) < 4.78 is 37.8. The van der Waals surface area contributed by atoms with E-state index in [0.29, 0.717) is 18.0 Å². The van der Waals surface area contributed by atoms with Gasteiger partial charge < -0.3 is 19.8 Å². The zero-order valence-electron chi connectivity index (χ0n) is 15.4. The molecule has 8 heteroatoms. The molecule has 0 bridgehead atoms. The van der Waals surface area contributed by atoms with Gasteiger partial charge in [0.15, 0.2) is 6.10 Å². The first-order chi connectivity index (χ1) is 14.0. The predicted octanol–water partition coefficient (Wildman–Crippen LogP) is 4.35. The van der Waals surface area contributed by atoms with Gasteiger partial charge in [0, 0.05) is 5.69 Å². The van der Waals surface area contributed by atoms with E-state index in [0.717, 1.165) is 12.1 Å². The quantitative estimate of drug-likeness (QED) is 0.576.